The van der Waals surface area contributed by atoms with Crippen LogP contribution in [-0.2, 0) is 9.59 Å². The molecule has 0 radical (unpaired) electrons. The number of pyridine rings is 1. The van der Waals surface area contributed by atoms with Gasteiger partial charge < -0.3 is 10.2 Å². The van der Waals surface area contributed by atoms with E-state index in [0.29, 0.717) is 6.54 Å². The number of nitrogens with one attached hydrogen (secondary N) is 1. The maximum absolute atomic E-state index is 12.3. The zero-order valence-corrected chi connectivity index (χ0v) is 12.3. The van der Waals surface area contributed by atoms with Gasteiger partial charge in [0.2, 0.25) is 11.8 Å². The molecule has 5 heteroatoms. The largest absolute Gasteiger partial charge is 0.326 e. The molecule has 0 spiro atoms. The molecule has 1 unspecified atom stereocenters. The molecule has 0 saturated carbocycles. The van der Waals surface area contributed by atoms with E-state index in [2.05, 4.69) is 10.3 Å². The molecule has 2 amide bonds. The SMILES string of the molecule is Cc1cccc(NC(=O)C2CC(=O)N(c3cccnc3)C2)c1. The van der Waals surface area contributed by atoms with Crippen LogP contribution in [0.1, 0.15) is 12.0 Å². The second kappa shape index (κ2) is 5.97. The molecule has 1 fully saturated rings. The number of carbonyl (C=O) groups excluding carboxylic acids is 2. The Morgan fingerprint density at radius 1 is 1.32 bits per heavy atom. The van der Waals surface area contributed by atoms with Crippen molar-refractivity contribution < 1.29 is 9.59 Å². The lowest BCUT2D eigenvalue weighted by atomic mass is 10.1. The highest BCUT2D eigenvalue weighted by Crippen LogP contribution is 2.25. The van der Waals surface area contributed by atoms with Gasteiger partial charge in [0.05, 0.1) is 17.8 Å². The topological polar surface area (TPSA) is 62.3 Å². The van der Waals surface area contributed by atoms with Crippen LogP contribution in [0, 0.1) is 12.8 Å². The van der Waals surface area contributed by atoms with Crippen molar-refractivity contribution in [2.75, 3.05) is 16.8 Å². The fourth-order valence-electron chi connectivity index (χ4n) is 2.61. The molecule has 0 aliphatic carbocycles. The smallest absolute Gasteiger partial charge is 0.229 e. The predicted octanol–water partition coefficient (Wildman–Crippen LogP) is 2.38. The average molecular weight is 295 g/mol. The highest BCUT2D eigenvalue weighted by atomic mass is 16.2. The third kappa shape index (κ3) is 2.98. The van der Waals surface area contributed by atoms with E-state index < -0.39 is 0 Å². The molecule has 112 valence electrons. The zero-order chi connectivity index (χ0) is 15.5. The Labute approximate surface area is 129 Å². The average Bonchev–Trinajstić information content (AvgIpc) is 2.90. The van der Waals surface area contributed by atoms with Crippen molar-refractivity contribution in [3.63, 3.8) is 0 Å². The lowest BCUT2D eigenvalue weighted by Gasteiger charge is -2.16. The summed E-state index contributed by atoms with van der Waals surface area (Å²) in [6.45, 7) is 2.36. The van der Waals surface area contributed by atoms with Gasteiger partial charge in [0.25, 0.3) is 0 Å². The number of amides is 2. The summed E-state index contributed by atoms with van der Waals surface area (Å²) in [5, 5.41) is 2.88. The molecular formula is C17H17N3O2. The molecule has 2 heterocycles. The Bertz CT molecular complexity index is 700. The molecule has 1 saturated heterocycles. The monoisotopic (exact) mass is 295 g/mol. The first-order valence-corrected chi connectivity index (χ1v) is 7.21. The fourth-order valence-corrected chi connectivity index (χ4v) is 2.61. The minimum absolute atomic E-state index is 0.0441. The van der Waals surface area contributed by atoms with E-state index in [4.69, 9.17) is 0 Å². The number of carbonyl (C=O) groups is 2. The molecular weight excluding hydrogens is 278 g/mol. The molecule has 5 nitrogen and oxygen atoms in total. The van der Waals surface area contributed by atoms with Gasteiger partial charge in [-0.25, -0.2) is 0 Å². The van der Waals surface area contributed by atoms with E-state index in [9.17, 15) is 9.59 Å². The van der Waals surface area contributed by atoms with Crippen LogP contribution in [0.2, 0.25) is 0 Å². The summed E-state index contributed by atoms with van der Waals surface area (Å²) in [7, 11) is 0. The molecule has 1 aromatic carbocycles. The van der Waals surface area contributed by atoms with E-state index in [1.165, 1.54) is 0 Å². The third-order valence-electron chi connectivity index (χ3n) is 3.74. The highest BCUT2D eigenvalue weighted by Gasteiger charge is 2.35. The summed E-state index contributed by atoms with van der Waals surface area (Å²) in [6, 6.07) is 11.2. The maximum atomic E-state index is 12.3. The van der Waals surface area contributed by atoms with Crippen LogP contribution in [-0.4, -0.2) is 23.3 Å². The zero-order valence-electron chi connectivity index (χ0n) is 12.3. The molecule has 2 aromatic rings. The molecule has 22 heavy (non-hydrogen) atoms. The maximum Gasteiger partial charge on any atom is 0.229 e. The molecule has 3 rings (SSSR count). The van der Waals surface area contributed by atoms with Crippen LogP contribution in [0.3, 0.4) is 0 Å². The summed E-state index contributed by atoms with van der Waals surface area (Å²) in [4.78, 5) is 30.1. The first kappa shape index (κ1) is 14.3. The van der Waals surface area contributed by atoms with Crippen molar-refractivity contribution in [2.45, 2.75) is 13.3 Å². The number of hydrogen-bond donors (Lipinski definition) is 1. The minimum Gasteiger partial charge on any atom is -0.326 e. The van der Waals surface area contributed by atoms with Crippen molar-refractivity contribution in [3.8, 4) is 0 Å². The summed E-state index contributed by atoms with van der Waals surface area (Å²) >= 11 is 0. The van der Waals surface area contributed by atoms with Gasteiger partial charge in [-0.3, -0.25) is 14.6 Å². The summed E-state index contributed by atoms with van der Waals surface area (Å²) in [6.07, 6.45) is 3.53. The van der Waals surface area contributed by atoms with E-state index in [0.717, 1.165) is 16.9 Å². The first-order valence-electron chi connectivity index (χ1n) is 7.21. The number of benzene rings is 1. The molecule has 1 aromatic heterocycles. The normalized spacial score (nSPS) is 17.6. The van der Waals surface area contributed by atoms with Crippen LogP contribution in [0.5, 0.6) is 0 Å². The lowest BCUT2D eigenvalue weighted by Crippen LogP contribution is -2.28. The number of aryl methyl sites for hydroxylation is 1. The standard InChI is InChI=1S/C17H17N3O2/c1-12-4-2-5-14(8-12)19-17(22)13-9-16(21)20(11-13)15-6-3-7-18-10-15/h2-8,10,13H,9,11H2,1H3,(H,19,22). The van der Waals surface area contributed by atoms with Crippen molar-refractivity contribution in [1.82, 2.24) is 4.98 Å². The third-order valence-corrected chi connectivity index (χ3v) is 3.74. The van der Waals surface area contributed by atoms with Gasteiger partial charge >= 0.3 is 0 Å². The van der Waals surface area contributed by atoms with Crippen LogP contribution >= 0.6 is 0 Å². The van der Waals surface area contributed by atoms with E-state index in [-0.39, 0.29) is 24.2 Å². The Balaban J connectivity index is 1.69. The molecule has 1 aliphatic heterocycles. The van der Waals surface area contributed by atoms with Crippen molar-refractivity contribution in [3.05, 3.63) is 54.4 Å². The predicted molar refractivity (Wildman–Crippen MR) is 84.5 cm³/mol. The van der Waals surface area contributed by atoms with Gasteiger partial charge in [0.15, 0.2) is 0 Å². The highest BCUT2D eigenvalue weighted by molar-refractivity contribution is 6.03. The van der Waals surface area contributed by atoms with Gasteiger partial charge in [-0.05, 0) is 36.8 Å². The lowest BCUT2D eigenvalue weighted by molar-refractivity contribution is -0.122. The van der Waals surface area contributed by atoms with Gasteiger partial charge in [0.1, 0.15) is 0 Å². The molecule has 1 atom stereocenters. The second-order valence-corrected chi connectivity index (χ2v) is 5.48. The van der Waals surface area contributed by atoms with Crippen LogP contribution < -0.4 is 10.2 Å². The van der Waals surface area contributed by atoms with Crippen LogP contribution in [0.15, 0.2) is 48.8 Å². The van der Waals surface area contributed by atoms with Gasteiger partial charge in [-0.1, -0.05) is 12.1 Å². The Hall–Kier alpha value is -2.69. The number of anilines is 2. The second-order valence-electron chi connectivity index (χ2n) is 5.48. The van der Waals surface area contributed by atoms with E-state index in [1.807, 2.05) is 37.3 Å². The quantitative estimate of drug-likeness (QED) is 0.945. The summed E-state index contributed by atoms with van der Waals surface area (Å²) < 4.78 is 0. The summed E-state index contributed by atoms with van der Waals surface area (Å²) in [5.74, 6) is -0.504. The van der Waals surface area contributed by atoms with E-state index in [1.54, 1.807) is 23.4 Å². The summed E-state index contributed by atoms with van der Waals surface area (Å²) in [5.41, 5.74) is 2.58. The van der Waals surface area contributed by atoms with Crippen molar-refractivity contribution >= 4 is 23.2 Å². The van der Waals surface area contributed by atoms with Crippen molar-refractivity contribution in [2.24, 2.45) is 5.92 Å². The first-order chi connectivity index (χ1) is 10.6. The molecule has 0 bridgehead atoms. The Kier molecular flexibility index (Phi) is 3.87. The van der Waals surface area contributed by atoms with Gasteiger partial charge in [-0.2, -0.15) is 0 Å². The van der Waals surface area contributed by atoms with Crippen molar-refractivity contribution in [1.29, 1.82) is 0 Å². The van der Waals surface area contributed by atoms with Crippen LogP contribution in [0.25, 0.3) is 0 Å². The minimum atomic E-state index is -0.340. The van der Waals surface area contributed by atoms with Gasteiger partial charge in [-0.15, -0.1) is 0 Å². The molecule has 1 N–H and O–H groups in total. The Morgan fingerprint density at radius 3 is 2.91 bits per heavy atom. The van der Waals surface area contributed by atoms with Crippen LogP contribution in [0.4, 0.5) is 11.4 Å². The fraction of sp³-hybridized carbons (Fsp3) is 0.235. The van der Waals surface area contributed by atoms with E-state index >= 15 is 0 Å². The van der Waals surface area contributed by atoms with Gasteiger partial charge in [0, 0.05) is 24.8 Å². The number of hydrogen-bond acceptors (Lipinski definition) is 3. The Morgan fingerprint density at radius 2 is 2.18 bits per heavy atom. The number of nitrogens with zero attached hydrogens (tertiary/aromatic N) is 2. The number of aromatic nitrogens is 1. The molecule has 1 aliphatic rings. The number of rotatable bonds is 3.